The monoisotopic (exact) mass is 298 g/mol. The van der Waals surface area contributed by atoms with E-state index in [1.165, 1.54) is 0 Å². The van der Waals surface area contributed by atoms with Crippen LogP contribution in [0.25, 0.3) is 0 Å². The van der Waals surface area contributed by atoms with E-state index in [1.807, 2.05) is 0 Å². The predicted molar refractivity (Wildman–Crippen MR) is 78.7 cm³/mol. The molecular weight excluding hydrogens is 268 g/mol. The van der Waals surface area contributed by atoms with Gasteiger partial charge in [-0.2, -0.15) is 19.6 Å². The highest BCUT2D eigenvalue weighted by Gasteiger charge is 2.90. The summed E-state index contributed by atoms with van der Waals surface area (Å²) in [6.07, 6.45) is 0.797. The van der Waals surface area contributed by atoms with E-state index in [0.717, 1.165) is 6.42 Å². The molecule has 2 aliphatic heterocycles. The molecule has 1 saturated carbocycles. The summed E-state index contributed by atoms with van der Waals surface area (Å²) in [6, 6.07) is 0. The standard InChI is InChI=1S/C17H30O4/c1-11-10-15(18-19-15)17(20-21-17)14(8,9)16(11,12(2,3)4)13(5,6)7/h11H,10H2,1-9H3. The highest BCUT2D eigenvalue weighted by Crippen LogP contribution is 2.79. The minimum Gasteiger partial charge on any atom is -0.188 e. The molecule has 0 aromatic heterocycles. The largest absolute Gasteiger partial charge is 0.298 e. The molecule has 21 heavy (non-hydrogen) atoms. The molecule has 0 bridgehead atoms. The van der Waals surface area contributed by atoms with Gasteiger partial charge in [0.1, 0.15) is 0 Å². The lowest BCUT2D eigenvalue weighted by Gasteiger charge is -2.67. The van der Waals surface area contributed by atoms with Crippen molar-refractivity contribution in [1.82, 2.24) is 0 Å². The van der Waals surface area contributed by atoms with E-state index in [4.69, 9.17) is 19.6 Å². The van der Waals surface area contributed by atoms with E-state index in [2.05, 4.69) is 62.3 Å². The van der Waals surface area contributed by atoms with Gasteiger partial charge < -0.3 is 0 Å². The molecular formula is C17H30O4. The molecule has 1 unspecified atom stereocenters. The molecule has 3 rings (SSSR count). The molecule has 0 amide bonds. The smallest absolute Gasteiger partial charge is 0.188 e. The van der Waals surface area contributed by atoms with Crippen molar-refractivity contribution in [2.75, 3.05) is 0 Å². The third-order valence-corrected chi connectivity index (χ3v) is 6.52. The van der Waals surface area contributed by atoms with Gasteiger partial charge in [0.2, 0.25) is 0 Å². The van der Waals surface area contributed by atoms with E-state index in [1.54, 1.807) is 0 Å². The van der Waals surface area contributed by atoms with Gasteiger partial charge in [-0.15, -0.1) is 0 Å². The van der Waals surface area contributed by atoms with Crippen LogP contribution in [-0.2, 0) is 19.6 Å². The predicted octanol–water partition coefficient (Wildman–Crippen LogP) is 4.45. The Morgan fingerprint density at radius 3 is 1.52 bits per heavy atom. The Morgan fingerprint density at radius 1 is 0.810 bits per heavy atom. The molecule has 2 spiro atoms. The van der Waals surface area contributed by atoms with E-state index in [0.29, 0.717) is 5.92 Å². The molecule has 3 fully saturated rings. The fourth-order valence-electron chi connectivity index (χ4n) is 7.13. The van der Waals surface area contributed by atoms with E-state index >= 15 is 0 Å². The van der Waals surface area contributed by atoms with E-state index in [-0.39, 0.29) is 21.7 Å². The van der Waals surface area contributed by atoms with Gasteiger partial charge >= 0.3 is 0 Å². The Labute approximate surface area is 128 Å². The molecule has 2 heterocycles. The molecule has 4 heteroatoms. The lowest BCUT2D eigenvalue weighted by Crippen LogP contribution is -2.70. The topological polar surface area (TPSA) is 50.1 Å². The van der Waals surface area contributed by atoms with Gasteiger partial charge in [0.05, 0.1) is 0 Å². The van der Waals surface area contributed by atoms with Crippen LogP contribution in [0.5, 0.6) is 0 Å². The van der Waals surface area contributed by atoms with Gasteiger partial charge in [-0.05, 0) is 22.2 Å². The van der Waals surface area contributed by atoms with Crippen LogP contribution in [0.4, 0.5) is 0 Å². The minimum atomic E-state index is -0.785. The Morgan fingerprint density at radius 2 is 1.24 bits per heavy atom. The Kier molecular flexibility index (Phi) is 2.74. The second kappa shape index (κ2) is 3.66. The van der Waals surface area contributed by atoms with Crippen LogP contribution in [0, 0.1) is 27.6 Å². The average molecular weight is 298 g/mol. The van der Waals surface area contributed by atoms with Crippen LogP contribution in [0.15, 0.2) is 0 Å². The van der Waals surface area contributed by atoms with Crippen LogP contribution < -0.4 is 0 Å². The van der Waals surface area contributed by atoms with Crippen LogP contribution in [0.3, 0.4) is 0 Å². The second-order valence-electron chi connectivity index (χ2n) is 9.74. The average Bonchev–Trinajstić information content (AvgIpc) is 3.04. The molecule has 1 atom stereocenters. The number of hydrogen-bond donors (Lipinski definition) is 0. The normalized spacial score (nSPS) is 35.0. The van der Waals surface area contributed by atoms with E-state index < -0.39 is 11.6 Å². The van der Waals surface area contributed by atoms with Gasteiger partial charge in [0, 0.05) is 11.8 Å². The van der Waals surface area contributed by atoms with Crippen molar-refractivity contribution in [2.45, 2.75) is 80.3 Å². The fraction of sp³-hybridized carbons (Fsp3) is 1.00. The molecule has 1 aliphatic carbocycles. The van der Waals surface area contributed by atoms with Crippen molar-refractivity contribution >= 4 is 0 Å². The maximum absolute atomic E-state index is 5.57. The number of fused-ring (bicyclic) bond motifs is 1. The van der Waals surface area contributed by atoms with Crippen molar-refractivity contribution < 1.29 is 19.6 Å². The summed E-state index contributed by atoms with van der Waals surface area (Å²) in [7, 11) is 0. The van der Waals surface area contributed by atoms with Crippen molar-refractivity contribution in [3.8, 4) is 0 Å². The number of rotatable bonds is 0. The van der Waals surface area contributed by atoms with Gasteiger partial charge in [0.25, 0.3) is 11.6 Å². The summed E-state index contributed by atoms with van der Waals surface area (Å²) in [5.74, 6) is -1.09. The third kappa shape index (κ3) is 1.46. The summed E-state index contributed by atoms with van der Waals surface area (Å²) < 4.78 is 0. The third-order valence-electron chi connectivity index (χ3n) is 6.52. The van der Waals surface area contributed by atoms with Crippen LogP contribution in [-0.4, -0.2) is 11.6 Å². The van der Waals surface area contributed by atoms with E-state index in [9.17, 15) is 0 Å². The van der Waals surface area contributed by atoms with Crippen molar-refractivity contribution in [1.29, 1.82) is 0 Å². The summed E-state index contributed by atoms with van der Waals surface area (Å²) in [5.41, 5.74) is -0.116. The van der Waals surface area contributed by atoms with Crippen molar-refractivity contribution in [2.24, 2.45) is 27.6 Å². The summed E-state index contributed by atoms with van der Waals surface area (Å²) in [4.78, 5) is 21.9. The summed E-state index contributed by atoms with van der Waals surface area (Å²) >= 11 is 0. The SMILES string of the molecule is CC1CC2(OO2)C2(OO2)C(C)(C)C1(C(C)(C)C)C(C)(C)C. The summed E-state index contributed by atoms with van der Waals surface area (Å²) in [5, 5.41) is 0. The maximum atomic E-state index is 5.57. The Bertz CT molecular complexity index is 444. The summed E-state index contributed by atoms with van der Waals surface area (Å²) in [6.45, 7) is 20.8. The second-order valence-corrected chi connectivity index (χ2v) is 9.74. The van der Waals surface area contributed by atoms with Gasteiger partial charge in [-0.25, -0.2) is 0 Å². The molecule has 0 aromatic carbocycles. The molecule has 0 N–H and O–H groups in total. The zero-order valence-electron chi connectivity index (χ0n) is 14.9. The van der Waals surface area contributed by atoms with Crippen molar-refractivity contribution in [3.05, 3.63) is 0 Å². The van der Waals surface area contributed by atoms with Crippen LogP contribution in [0.1, 0.15) is 68.7 Å². The quantitative estimate of drug-likeness (QED) is 0.490. The molecule has 4 nitrogen and oxygen atoms in total. The Hall–Kier alpha value is -0.160. The first kappa shape index (κ1) is 15.7. The highest BCUT2D eigenvalue weighted by atomic mass is 17.5. The first-order valence-electron chi connectivity index (χ1n) is 8.03. The van der Waals surface area contributed by atoms with Crippen molar-refractivity contribution in [3.63, 3.8) is 0 Å². The first-order valence-corrected chi connectivity index (χ1v) is 8.03. The highest BCUT2D eigenvalue weighted by molar-refractivity contribution is 5.23. The zero-order chi connectivity index (χ0) is 16.1. The van der Waals surface area contributed by atoms with Gasteiger partial charge in [0.15, 0.2) is 0 Å². The molecule has 0 radical (unpaired) electrons. The van der Waals surface area contributed by atoms with Crippen LogP contribution in [0.2, 0.25) is 0 Å². The van der Waals surface area contributed by atoms with Crippen LogP contribution >= 0.6 is 0 Å². The zero-order valence-corrected chi connectivity index (χ0v) is 14.9. The molecule has 122 valence electrons. The Balaban J connectivity index is 2.24. The number of hydrogen-bond acceptors (Lipinski definition) is 4. The lowest BCUT2D eigenvalue weighted by molar-refractivity contribution is -0.246. The minimum absolute atomic E-state index is 0.00986. The first-order chi connectivity index (χ1) is 9.29. The molecule has 3 aliphatic rings. The molecule has 0 aromatic rings. The lowest BCUT2D eigenvalue weighted by atomic mass is 9.35. The van der Waals surface area contributed by atoms with Gasteiger partial charge in [-0.1, -0.05) is 62.3 Å². The van der Waals surface area contributed by atoms with Gasteiger partial charge in [-0.3, -0.25) is 0 Å². The fourth-order valence-corrected chi connectivity index (χ4v) is 7.13. The molecule has 2 saturated heterocycles. The maximum Gasteiger partial charge on any atom is 0.298 e.